The molecule has 7 nitrogen and oxygen atoms in total. The van der Waals surface area contributed by atoms with Gasteiger partial charge in [0.1, 0.15) is 11.5 Å². The van der Waals surface area contributed by atoms with Gasteiger partial charge in [0.15, 0.2) is 0 Å². The van der Waals surface area contributed by atoms with Crippen molar-refractivity contribution in [1.82, 2.24) is 15.0 Å². The molecule has 0 aromatic carbocycles. The molecule has 1 saturated heterocycles. The highest BCUT2D eigenvalue weighted by atomic mass is 16.5. The first-order valence-electron chi connectivity index (χ1n) is 6.69. The van der Waals surface area contributed by atoms with Gasteiger partial charge in [0.2, 0.25) is 5.91 Å². The molecule has 0 radical (unpaired) electrons. The molecule has 0 aliphatic carbocycles. The Labute approximate surface area is 117 Å². The lowest BCUT2D eigenvalue weighted by atomic mass is 9.97. The number of urea groups is 1. The third kappa shape index (κ3) is 3.28. The van der Waals surface area contributed by atoms with Crippen LogP contribution in [0, 0.1) is 12.8 Å². The number of likely N-dealkylation sites (tertiary alicyclic amines) is 1. The summed E-state index contributed by atoms with van der Waals surface area (Å²) in [5.41, 5.74) is 5.99. The normalized spacial score (nSPS) is 18.9. The van der Waals surface area contributed by atoms with Crippen LogP contribution in [0.25, 0.3) is 0 Å². The highest BCUT2D eigenvalue weighted by Gasteiger charge is 2.29. The predicted octanol–water partition coefficient (Wildman–Crippen LogP) is 0.732. The van der Waals surface area contributed by atoms with Crippen LogP contribution < -0.4 is 5.73 Å². The van der Waals surface area contributed by atoms with Gasteiger partial charge in [0, 0.05) is 26.2 Å². The lowest BCUT2D eigenvalue weighted by Crippen LogP contribution is -2.47. The van der Waals surface area contributed by atoms with Crippen LogP contribution in [0.2, 0.25) is 0 Å². The Morgan fingerprint density at radius 2 is 2.35 bits per heavy atom. The molecule has 1 aliphatic rings. The Hall–Kier alpha value is -2.05. The fourth-order valence-electron chi connectivity index (χ4n) is 2.50. The number of amides is 3. The Morgan fingerprint density at radius 1 is 1.60 bits per heavy atom. The molecular formula is C13H20N4O3. The number of rotatable bonds is 3. The summed E-state index contributed by atoms with van der Waals surface area (Å²) in [4.78, 5) is 26.7. The molecule has 0 bridgehead atoms. The fourth-order valence-corrected chi connectivity index (χ4v) is 2.50. The van der Waals surface area contributed by atoms with Gasteiger partial charge in [-0.2, -0.15) is 0 Å². The topological polar surface area (TPSA) is 92.7 Å². The maximum absolute atomic E-state index is 12.4. The average molecular weight is 280 g/mol. The van der Waals surface area contributed by atoms with E-state index >= 15 is 0 Å². The van der Waals surface area contributed by atoms with Crippen molar-refractivity contribution < 1.29 is 14.1 Å². The van der Waals surface area contributed by atoms with Crippen molar-refractivity contribution >= 4 is 11.9 Å². The van der Waals surface area contributed by atoms with E-state index in [0.29, 0.717) is 19.6 Å². The van der Waals surface area contributed by atoms with Gasteiger partial charge in [-0.3, -0.25) is 4.79 Å². The first-order chi connectivity index (χ1) is 9.47. The molecule has 2 heterocycles. The van der Waals surface area contributed by atoms with Crippen LogP contribution >= 0.6 is 0 Å². The van der Waals surface area contributed by atoms with Crippen LogP contribution in [-0.2, 0) is 11.3 Å². The van der Waals surface area contributed by atoms with Gasteiger partial charge < -0.3 is 20.1 Å². The molecule has 1 aromatic heterocycles. The van der Waals surface area contributed by atoms with Crippen LogP contribution in [-0.4, -0.2) is 47.0 Å². The smallest absolute Gasteiger partial charge is 0.314 e. The van der Waals surface area contributed by atoms with Crippen molar-refractivity contribution in [3.63, 3.8) is 0 Å². The molecule has 0 unspecified atom stereocenters. The quantitative estimate of drug-likeness (QED) is 0.883. The van der Waals surface area contributed by atoms with E-state index in [2.05, 4.69) is 5.16 Å². The molecule has 110 valence electrons. The molecule has 1 aromatic rings. The number of aromatic nitrogens is 1. The summed E-state index contributed by atoms with van der Waals surface area (Å²) >= 11 is 0. The summed E-state index contributed by atoms with van der Waals surface area (Å²) in [7, 11) is 1.73. The third-order valence-corrected chi connectivity index (χ3v) is 3.53. The first kappa shape index (κ1) is 14.4. The van der Waals surface area contributed by atoms with Crippen molar-refractivity contribution in [2.75, 3.05) is 20.1 Å². The molecule has 0 saturated carbocycles. The van der Waals surface area contributed by atoms with E-state index in [4.69, 9.17) is 10.3 Å². The number of aryl methyl sites for hydroxylation is 1. The number of carbonyl (C=O) groups is 2. The first-order valence-corrected chi connectivity index (χ1v) is 6.69. The molecule has 1 fully saturated rings. The lowest BCUT2D eigenvalue weighted by Gasteiger charge is -2.32. The summed E-state index contributed by atoms with van der Waals surface area (Å²) in [6, 6.07) is 1.35. The Kier molecular flexibility index (Phi) is 4.26. The fraction of sp³-hybridized carbons (Fsp3) is 0.615. The van der Waals surface area contributed by atoms with E-state index in [1.807, 2.05) is 6.92 Å². The van der Waals surface area contributed by atoms with Crippen LogP contribution in [0.15, 0.2) is 10.6 Å². The predicted molar refractivity (Wildman–Crippen MR) is 71.6 cm³/mol. The minimum absolute atomic E-state index is 0.0107. The van der Waals surface area contributed by atoms with Gasteiger partial charge in [-0.05, 0) is 19.8 Å². The zero-order chi connectivity index (χ0) is 14.7. The van der Waals surface area contributed by atoms with E-state index in [1.54, 1.807) is 18.0 Å². The molecule has 2 N–H and O–H groups in total. The van der Waals surface area contributed by atoms with Crippen molar-refractivity contribution in [1.29, 1.82) is 0 Å². The maximum Gasteiger partial charge on any atom is 0.314 e. The number of hydrogen-bond donors (Lipinski definition) is 1. The Morgan fingerprint density at radius 3 is 2.95 bits per heavy atom. The lowest BCUT2D eigenvalue weighted by molar-refractivity contribution is -0.136. The van der Waals surface area contributed by atoms with Gasteiger partial charge in [-0.25, -0.2) is 4.79 Å². The number of piperidine rings is 1. The zero-order valence-corrected chi connectivity index (χ0v) is 11.8. The van der Waals surface area contributed by atoms with Gasteiger partial charge in [-0.1, -0.05) is 5.16 Å². The van der Waals surface area contributed by atoms with Crippen molar-refractivity contribution in [2.45, 2.75) is 26.3 Å². The van der Waals surface area contributed by atoms with Gasteiger partial charge in [-0.15, -0.1) is 0 Å². The van der Waals surface area contributed by atoms with E-state index in [-0.39, 0.29) is 11.8 Å². The van der Waals surface area contributed by atoms with Crippen molar-refractivity contribution in [2.24, 2.45) is 11.7 Å². The molecular weight excluding hydrogens is 260 g/mol. The van der Waals surface area contributed by atoms with Crippen LogP contribution in [0.1, 0.15) is 24.3 Å². The highest BCUT2D eigenvalue weighted by Crippen LogP contribution is 2.19. The number of nitrogens with zero attached hydrogens (tertiary/aromatic N) is 3. The summed E-state index contributed by atoms with van der Waals surface area (Å²) < 4.78 is 4.98. The molecule has 3 amide bonds. The molecule has 20 heavy (non-hydrogen) atoms. The van der Waals surface area contributed by atoms with Gasteiger partial charge >= 0.3 is 6.03 Å². The minimum Gasteiger partial charge on any atom is -0.361 e. The second-order valence-corrected chi connectivity index (χ2v) is 5.25. The molecule has 0 spiro atoms. The number of nitrogens with two attached hydrogens (primary N) is 1. The number of carbonyl (C=O) groups excluding carboxylic acids is 2. The SMILES string of the molecule is Cc1cc(CN(C)C(=O)[C@H]2CCCN(C(N)=O)C2)no1. The average Bonchev–Trinajstić information content (AvgIpc) is 2.83. The third-order valence-electron chi connectivity index (χ3n) is 3.53. The molecule has 1 atom stereocenters. The summed E-state index contributed by atoms with van der Waals surface area (Å²) in [5, 5.41) is 3.87. The van der Waals surface area contributed by atoms with Crippen LogP contribution in [0.4, 0.5) is 4.79 Å². The molecule has 7 heteroatoms. The summed E-state index contributed by atoms with van der Waals surface area (Å²) in [5.74, 6) is 0.546. The number of primary amides is 1. The van der Waals surface area contributed by atoms with Crippen LogP contribution in [0.3, 0.4) is 0 Å². The maximum atomic E-state index is 12.4. The van der Waals surface area contributed by atoms with E-state index in [1.165, 1.54) is 4.90 Å². The van der Waals surface area contributed by atoms with Gasteiger partial charge in [0.05, 0.1) is 12.5 Å². The molecule has 2 rings (SSSR count). The van der Waals surface area contributed by atoms with E-state index in [9.17, 15) is 9.59 Å². The van der Waals surface area contributed by atoms with Crippen molar-refractivity contribution in [3.05, 3.63) is 17.5 Å². The second kappa shape index (κ2) is 5.94. The summed E-state index contributed by atoms with van der Waals surface area (Å²) in [6.07, 6.45) is 1.58. The molecule has 1 aliphatic heterocycles. The van der Waals surface area contributed by atoms with E-state index in [0.717, 1.165) is 24.3 Å². The monoisotopic (exact) mass is 280 g/mol. The Bertz CT molecular complexity index is 500. The zero-order valence-electron chi connectivity index (χ0n) is 11.8. The van der Waals surface area contributed by atoms with E-state index < -0.39 is 6.03 Å². The Balaban J connectivity index is 1.94. The van der Waals surface area contributed by atoms with Gasteiger partial charge in [0.25, 0.3) is 0 Å². The highest BCUT2D eigenvalue weighted by molar-refractivity contribution is 5.80. The number of hydrogen-bond acceptors (Lipinski definition) is 4. The standard InChI is InChI=1S/C13H20N4O3/c1-9-6-11(15-20-9)8-16(2)12(18)10-4-3-5-17(7-10)13(14)19/h6,10H,3-5,7-8H2,1-2H3,(H2,14,19)/t10-/m0/s1. The van der Waals surface area contributed by atoms with Crippen molar-refractivity contribution in [3.8, 4) is 0 Å². The van der Waals surface area contributed by atoms with Crippen LogP contribution in [0.5, 0.6) is 0 Å². The largest absolute Gasteiger partial charge is 0.361 e. The second-order valence-electron chi connectivity index (χ2n) is 5.25. The minimum atomic E-state index is -0.461. The summed E-state index contributed by atoms with van der Waals surface area (Å²) in [6.45, 7) is 3.25.